The van der Waals surface area contributed by atoms with E-state index in [1.807, 2.05) is 47.9 Å². The van der Waals surface area contributed by atoms with E-state index in [2.05, 4.69) is 0 Å². The van der Waals surface area contributed by atoms with Crippen LogP contribution in [0.2, 0.25) is 5.02 Å². The summed E-state index contributed by atoms with van der Waals surface area (Å²) in [6.45, 7) is 6.25. The lowest BCUT2D eigenvalue weighted by Gasteiger charge is -2.30. The molecular formula is C25H28ClFN2O2. The highest BCUT2D eigenvalue weighted by Gasteiger charge is 2.37. The molecule has 0 spiro atoms. The van der Waals surface area contributed by atoms with E-state index in [0.717, 1.165) is 43.5 Å². The second-order valence-corrected chi connectivity index (χ2v) is 9.38. The third-order valence-corrected chi connectivity index (χ3v) is 6.54. The number of rotatable bonds is 6. The molecule has 2 fully saturated rings. The highest BCUT2D eigenvalue weighted by molar-refractivity contribution is 6.31. The van der Waals surface area contributed by atoms with Crippen LogP contribution < -0.4 is 0 Å². The van der Waals surface area contributed by atoms with Crippen LogP contribution in [0.25, 0.3) is 11.1 Å². The molecule has 1 saturated carbocycles. The van der Waals surface area contributed by atoms with Crippen molar-refractivity contribution in [3.63, 3.8) is 0 Å². The van der Waals surface area contributed by atoms with Crippen molar-refractivity contribution in [3.05, 3.63) is 58.9 Å². The van der Waals surface area contributed by atoms with Crippen LogP contribution in [0.4, 0.5) is 4.39 Å². The molecule has 2 amide bonds. The second-order valence-electron chi connectivity index (χ2n) is 8.97. The third kappa shape index (κ3) is 4.93. The lowest BCUT2D eigenvalue weighted by atomic mass is 10.0. The lowest BCUT2D eigenvalue weighted by molar-refractivity contribution is -0.131. The maximum atomic E-state index is 13.4. The minimum Gasteiger partial charge on any atom is -0.342 e. The Balaban J connectivity index is 1.43. The molecule has 1 unspecified atom stereocenters. The molecule has 0 radical (unpaired) electrons. The number of halogens is 2. The summed E-state index contributed by atoms with van der Waals surface area (Å²) in [5.41, 5.74) is 2.30. The summed E-state index contributed by atoms with van der Waals surface area (Å²) in [7, 11) is 0. The van der Waals surface area contributed by atoms with Gasteiger partial charge < -0.3 is 9.80 Å². The first-order valence-electron chi connectivity index (χ1n) is 11.0. The van der Waals surface area contributed by atoms with Crippen molar-refractivity contribution < 1.29 is 14.0 Å². The van der Waals surface area contributed by atoms with E-state index in [4.69, 9.17) is 11.6 Å². The van der Waals surface area contributed by atoms with Crippen LogP contribution in [-0.4, -0.2) is 47.3 Å². The van der Waals surface area contributed by atoms with E-state index in [1.54, 1.807) is 12.1 Å². The topological polar surface area (TPSA) is 40.6 Å². The number of hydrogen-bond acceptors (Lipinski definition) is 2. The van der Waals surface area contributed by atoms with Crippen LogP contribution in [0.3, 0.4) is 0 Å². The van der Waals surface area contributed by atoms with Crippen molar-refractivity contribution in [1.82, 2.24) is 9.80 Å². The Morgan fingerprint density at radius 1 is 1.10 bits per heavy atom. The summed E-state index contributed by atoms with van der Waals surface area (Å²) in [6, 6.07) is 12.0. The first kappa shape index (κ1) is 21.8. The Bertz CT molecular complexity index is 972. The molecule has 164 valence electrons. The number of amides is 2. The van der Waals surface area contributed by atoms with E-state index in [0.29, 0.717) is 23.9 Å². The fourth-order valence-corrected chi connectivity index (χ4v) is 4.40. The van der Waals surface area contributed by atoms with Crippen LogP contribution >= 0.6 is 11.6 Å². The van der Waals surface area contributed by atoms with Crippen LogP contribution in [-0.2, 0) is 4.79 Å². The second kappa shape index (κ2) is 8.99. The first-order valence-corrected chi connectivity index (χ1v) is 11.4. The highest BCUT2D eigenvalue weighted by atomic mass is 35.5. The Kier molecular flexibility index (Phi) is 6.33. The maximum Gasteiger partial charge on any atom is 0.254 e. The summed E-state index contributed by atoms with van der Waals surface area (Å²) in [4.78, 5) is 29.4. The molecule has 1 atom stereocenters. The largest absolute Gasteiger partial charge is 0.342 e. The summed E-state index contributed by atoms with van der Waals surface area (Å²) >= 11 is 5.89. The van der Waals surface area contributed by atoms with E-state index in [1.165, 1.54) is 6.07 Å². The standard InChI is InChI=1S/C25H28ClFN2O2/c1-16(2)29(15-17-11-12-28(14-17)24(30)19-7-8-19)25(31)20-5-3-18(4-6-20)21-9-10-23(27)22(26)13-21/h3-6,9-10,13,16-17,19H,7-8,11-12,14-15H2,1-2H3. The molecule has 2 aliphatic rings. The Labute approximate surface area is 188 Å². The minimum atomic E-state index is -0.450. The van der Waals surface area contributed by atoms with Gasteiger partial charge in [0.05, 0.1) is 5.02 Å². The lowest BCUT2D eigenvalue weighted by Crippen LogP contribution is -2.41. The molecule has 31 heavy (non-hydrogen) atoms. The molecular weight excluding hydrogens is 415 g/mol. The molecule has 1 heterocycles. The number of carbonyl (C=O) groups is 2. The van der Waals surface area contributed by atoms with Gasteiger partial charge in [-0.25, -0.2) is 4.39 Å². The van der Waals surface area contributed by atoms with E-state index in [-0.39, 0.29) is 22.9 Å². The predicted molar refractivity (Wildman–Crippen MR) is 120 cm³/mol. The average molecular weight is 443 g/mol. The smallest absolute Gasteiger partial charge is 0.254 e. The fraction of sp³-hybridized carbons (Fsp3) is 0.440. The van der Waals surface area contributed by atoms with Gasteiger partial charge in [0.2, 0.25) is 5.91 Å². The molecule has 1 saturated heterocycles. The first-order chi connectivity index (χ1) is 14.8. The van der Waals surface area contributed by atoms with Gasteiger partial charge in [-0.2, -0.15) is 0 Å². The molecule has 4 rings (SSSR count). The number of benzene rings is 2. The third-order valence-electron chi connectivity index (χ3n) is 6.25. The maximum absolute atomic E-state index is 13.4. The van der Waals surface area contributed by atoms with Crippen LogP contribution in [0.1, 0.15) is 43.5 Å². The molecule has 0 bridgehead atoms. The van der Waals surface area contributed by atoms with Gasteiger partial charge in [-0.05, 0) is 74.4 Å². The van der Waals surface area contributed by atoms with Gasteiger partial charge >= 0.3 is 0 Å². The van der Waals surface area contributed by atoms with Crippen molar-refractivity contribution in [2.75, 3.05) is 19.6 Å². The van der Waals surface area contributed by atoms with E-state index < -0.39 is 5.82 Å². The van der Waals surface area contributed by atoms with Crippen molar-refractivity contribution in [2.24, 2.45) is 11.8 Å². The van der Waals surface area contributed by atoms with E-state index in [9.17, 15) is 14.0 Å². The summed E-state index contributed by atoms with van der Waals surface area (Å²) in [5, 5.41) is 0.0782. The molecule has 6 heteroatoms. The fourth-order valence-electron chi connectivity index (χ4n) is 4.22. The minimum absolute atomic E-state index is 0.00865. The zero-order valence-corrected chi connectivity index (χ0v) is 18.7. The summed E-state index contributed by atoms with van der Waals surface area (Å²) in [5.74, 6) is 0.395. The van der Waals surface area contributed by atoms with Crippen molar-refractivity contribution >= 4 is 23.4 Å². The summed E-state index contributed by atoms with van der Waals surface area (Å²) < 4.78 is 13.4. The van der Waals surface area contributed by atoms with Crippen molar-refractivity contribution in [3.8, 4) is 11.1 Å². The molecule has 2 aromatic carbocycles. The van der Waals surface area contributed by atoms with Gasteiger partial charge in [0.25, 0.3) is 5.91 Å². The molecule has 1 aliphatic heterocycles. The molecule has 2 aromatic rings. The SMILES string of the molecule is CC(C)N(CC1CCN(C(=O)C2CC2)C1)C(=O)c1ccc(-c2ccc(F)c(Cl)c2)cc1. The Morgan fingerprint density at radius 3 is 2.39 bits per heavy atom. The Hall–Kier alpha value is -2.40. The molecule has 0 N–H and O–H groups in total. The van der Waals surface area contributed by atoms with Gasteiger partial charge in [-0.1, -0.05) is 29.8 Å². The molecule has 1 aliphatic carbocycles. The summed E-state index contributed by atoms with van der Waals surface area (Å²) in [6.07, 6.45) is 2.99. The monoisotopic (exact) mass is 442 g/mol. The van der Waals surface area contributed by atoms with Gasteiger partial charge in [0, 0.05) is 37.2 Å². The van der Waals surface area contributed by atoms with Gasteiger partial charge in [-0.3, -0.25) is 9.59 Å². The van der Waals surface area contributed by atoms with Crippen molar-refractivity contribution in [2.45, 2.75) is 39.2 Å². The van der Waals surface area contributed by atoms with Crippen molar-refractivity contribution in [1.29, 1.82) is 0 Å². The normalized spacial score (nSPS) is 18.5. The predicted octanol–water partition coefficient (Wildman–Crippen LogP) is 5.26. The highest BCUT2D eigenvalue weighted by Crippen LogP contribution is 2.33. The number of hydrogen-bond donors (Lipinski definition) is 0. The quantitative estimate of drug-likeness (QED) is 0.612. The number of carbonyl (C=O) groups excluding carboxylic acids is 2. The van der Waals surface area contributed by atoms with Crippen LogP contribution in [0, 0.1) is 17.7 Å². The van der Waals surface area contributed by atoms with Crippen LogP contribution in [0.5, 0.6) is 0 Å². The zero-order chi connectivity index (χ0) is 22.1. The number of likely N-dealkylation sites (tertiary alicyclic amines) is 1. The van der Waals surface area contributed by atoms with Gasteiger partial charge in [-0.15, -0.1) is 0 Å². The zero-order valence-electron chi connectivity index (χ0n) is 18.0. The van der Waals surface area contributed by atoms with Gasteiger partial charge in [0.15, 0.2) is 0 Å². The number of nitrogens with zero attached hydrogens (tertiary/aromatic N) is 2. The molecule has 0 aromatic heterocycles. The van der Waals surface area contributed by atoms with E-state index >= 15 is 0 Å². The Morgan fingerprint density at radius 2 is 1.77 bits per heavy atom. The molecule has 4 nitrogen and oxygen atoms in total. The average Bonchev–Trinajstić information content (AvgIpc) is 3.51. The van der Waals surface area contributed by atoms with Crippen LogP contribution in [0.15, 0.2) is 42.5 Å². The van der Waals surface area contributed by atoms with Gasteiger partial charge in [0.1, 0.15) is 5.82 Å².